The maximum Gasteiger partial charge on any atom is 0.304 e. The molecule has 2 aromatic rings. The molecule has 1 heterocycles. The summed E-state index contributed by atoms with van der Waals surface area (Å²) in [4.78, 5) is 28.5. The fourth-order valence-electron chi connectivity index (χ4n) is 1.81. The van der Waals surface area contributed by atoms with Gasteiger partial charge >= 0.3 is 5.56 Å². The highest BCUT2D eigenvalue weighted by Crippen LogP contribution is 2.24. The first-order valence-electron chi connectivity index (χ1n) is 6.87. The summed E-state index contributed by atoms with van der Waals surface area (Å²) in [6, 6.07) is 4.08. The van der Waals surface area contributed by atoms with E-state index in [2.05, 4.69) is 15.3 Å². The van der Waals surface area contributed by atoms with E-state index in [1.54, 1.807) is 6.07 Å². The lowest BCUT2D eigenvalue weighted by Crippen LogP contribution is -2.32. The summed E-state index contributed by atoms with van der Waals surface area (Å²) in [5, 5.41) is 14.7. The van der Waals surface area contributed by atoms with Crippen molar-refractivity contribution in [2.24, 2.45) is 7.05 Å². The molecule has 11 heteroatoms. The Balaban J connectivity index is 2.45. The summed E-state index contributed by atoms with van der Waals surface area (Å²) in [6.07, 6.45) is 0. The molecular weight excluding hydrogens is 453 g/mol. The van der Waals surface area contributed by atoms with E-state index in [9.17, 15) is 18.4 Å². The van der Waals surface area contributed by atoms with Crippen LogP contribution >= 0.6 is 22.6 Å². The molecule has 0 aliphatic rings. The number of aromatic nitrogens is 2. The topological polar surface area (TPSA) is 105 Å². The maximum atomic E-state index is 14.3. The van der Waals surface area contributed by atoms with Crippen LogP contribution in [0.25, 0.3) is 0 Å². The quantitative estimate of drug-likeness (QED) is 0.334. The van der Waals surface area contributed by atoms with Crippen LogP contribution in [0.5, 0.6) is 0 Å². The molecule has 0 fully saturated rings. The van der Waals surface area contributed by atoms with Gasteiger partial charge in [-0.05, 0) is 40.8 Å². The van der Waals surface area contributed by atoms with E-state index in [4.69, 9.17) is 5.11 Å². The molecule has 3 N–H and O–H groups in total. The summed E-state index contributed by atoms with van der Waals surface area (Å²) < 4.78 is 29.6. The number of carbonyl (C=O) groups is 1. The molecule has 25 heavy (non-hydrogen) atoms. The first kappa shape index (κ1) is 19.2. The number of benzene rings is 1. The Morgan fingerprint density at radius 3 is 2.80 bits per heavy atom. The van der Waals surface area contributed by atoms with Gasteiger partial charge in [-0.1, -0.05) is 0 Å². The molecule has 8 nitrogen and oxygen atoms in total. The third-order valence-corrected chi connectivity index (χ3v) is 3.62. The lowest BCUT2D eigenvalue weighted by atomic mass is 10.2. The van der Waals surface area contributed by atoms with Crippen LogP contribution in [0.1, 0.15) is 10.5 Å². The summed E-state index contributed by atoms with van der Waals surface area (Å²) in [6.45, 7) is -0.553. The zero-order valence-electron chi connectivity index (χ0n) is 12.8. The lowest BCUT2D eigenvalue weighted by molar-refractivity contribution is 0.0163. The summed E-state index contributed by atoms with van der Waals surface area (Å²) >= 11 is 1.90. The number of rotatable bonds is 6. The number of halogens is 3. The number of hydroxylamine groups is 1. The smallest absolute Gasteiger partial charge is 0.304 e. The van der Waals surface area contributed by atoms with E-state index in [-0.39, 0.29) is 18.9 Å². The predicted octanol–water partition coefficient (Wildman–Crippen LogP) is 1.06. The van der Waals surface area contributed by atoms with Gasteiger partial charge in [0.25, 0.3) is 5.91 Å². The Morgan fingerprint density at radius 2 is 2.16 bits per heavy atom. The fourth-order valence-corrected chi connectivity index (χ4v) is 2.26. The lowest BCUT2D eigenvalue weighted by Gasteiger charge is -2.13. The first-order valence-corrected chi connectivity index (χ1v) is 7.95. The van der Waals surface area contributed by atoms with E-state index in [0.29, 0.717) is 8.25 Å². The highest BCUT2D eigenvalue weighted by molar-refractivity contribution is 14.1. The molecule has 0 radical (unpaired) electrons. The van der Waals surface area contributed by atoms with Crippen LogP contribution in [0, 0.1) is 15.2 Å². The third kappa shape index (κ3) is 4.49. The SMILES string of the molecule is Cn1nc(C(=O)NOCCO)c(Nc2ccc(I)cc2F)c(F)c1=O. The highest BCUT2D eigenvalue weighted by Gasteiger charge is 2.23. The average molecular weight is 466 g/mol. The minimum atomic E-state index is -1.30. The largest absolute Gasteiger partial charge is 0.394 e. The second-order valence-corrected chi connectivity index (χ2v) is 5.96. The zero-order valence-corrected chi connectivity index (χ0v) is 15.0. The minimum absolute atomic E-state index is 0.139. The van der Waals surface area contributed by atoms with Crippen LogP contribution in [0.2, 0.25) is 0 Å². The number of nitrogens with zero attached hydrogens (tertiary/aromatic N) is 2. The minimum Gasteiger partial charge on any atom is -0.394 e. The van der Waals surface area contributed by atoms with Crippen molar-refractivity contribution >= 4 is 39.9 Å². The molecule has 0 aliphatic heterocycles. The van der Waals surface area contributed by atoms with Crippen LogP contribution in [-0.2, 0) is 11.9 Å². The van der Waals surface area contributed by atoms with Gasteiger partial charge in [0.05, 0.1) is 18.9 Å². The van der Waals surface area contributed by atoms with Gasteiger partial charge in [0.1, 0.15) is 11.5 Å². The highest BCUT2D eigenvalue weighted by atomic mass is 127. The summed E-state index contributed by atoms with van der Waals surface area (Å²) in [7, 11) is 1.16. The first-order chi connectivity index (χ1) is 11.8. The van der Waals surface area contributed by atoms with Crippen LogP contribution in [0.4, 0.5) is 20.2 Å². The van der Waals surface area contributed by atoms with Crippen LogP contribution in [0.3, 0.4) is 0 Å². The number of hydrogen-bond acceptors (Lipinski definition) is 6. The number of amides is 1. The number of aryl methyl sites for hydroxylation is 1. The predicted molar refractivity (Wildman–Crippen MR) is 92.3 cm³/mol. The molecule has 0 saturated carbocycles. The molecule has 0 spiro atoms. The van der Waals surface area contributed by atoms with Gasteiger partial charge in [-0.15, -0.1) is 0 Å². The third-order valence-electron chi connectivity index (χ3n) is 2.95. The van der Waals surface area contributed by atoms with Crippen molar-refractivity contribution in [1.82, 2.24) is 15.3 Å². The van der Waals surface area contributed by atoms with Gasteiger partial charge in [0.15, 0.2) is 5.69 Å². The second-order valence-electron chi connectivity index (χ2n) is 4.72. The molecule has 1 aromatic carbocycles. The van der Waals surface area contributed by atoms with Gasteiger partial charge < -0.3 is 10.4 Å². The molecule has 2 rings (SSSR count). The molecule has 0 atom stereocenters. The molecule has 1 amide bonds. The second kappa shape index (κ2) is 8.31. The van der Waals surface area contributed by atoms with Crippen LogP contribution in [0.15, 0.2) is 23.0 Å². The Hall–Kier alpha value is -2.12. The molecule has 0 unspecified atom stereocenters. The van der Waals surface area contributed by atoms with Crippen LogP contribution in [-0.4, -0.2) is 34.0 Å². The molecular formula is C14H13F2IN4O4. The summed E-state index contributed by atoms with van der Waals surface area (Å²) in [5.41, 5.74) is -0.398. The van der Waals surface area contributed by atoms with Crippen molar-refractivity contribution in [3.8, 4) is 0 Å². The van der Waals surface area contributed by atoms with E-state index >= 15 is 0 Å². The van der Waals surface area contributed by atoms with Crippen LogP contribution < -0.4 is 16.4 Å². The maximum absolute atomic E-state index is 14.3. The summed E-state index contributed by atoms with van der Waals surface area (Å²) in [5.74, 6) is -2.98. The Kier molecular flexibility index (Phi) is 6.39. The number of aliphatic hydroxyl groups is 1. The van der Waals surface area contributed by atoms with E-state index in [0.717, 1.165) is 7.05 Å². The normalized spacial score (nSPS) is 10.6. The molecule has 0 aliphatic carbocycles. The Labute approximate surface area is 153 Å². The van der Waals surface area contributed by atoms with Crippen molar-refractivity contribution in [3.05, 3.63) is 49.5 Å². The molecule has 1 aromatic heterocycles. The Morgan fingerprint density at radius 1 is 1.44 bits per heavy atom. The molecule has 0 bridgehead atoms. The van der Waals surface area contributed by atoms with Gasteiger partial charge in [-0.3, -0.25) is 14.4 Å². The van der Waals surface area contributed by atoms with E-state index in [1.165, 1.54) is 12.1 Å². The monoisotopic (exact) mass is 466 g/mol. The number of anilines is 2. The van der Waals surface area contributed by atoms with E-state index in [1.807, 2.05) is 28.1 Å². The van der Waals surface area contributed by atoms with Gasteiger partial charge in [0, 0.05) is 10.6 Å². The molecule has 0 saturated heterocycles. The van der Waals surface area contributed by atoms with Gasteiger partial charge in [-0.2, -0.15) is 9.49 Å². The Bertz CT molecular complexity index is 859. The average Bonchev–Trinajstić information content (AvgIpc) is 2.57. The zero-order chi connectivity index (χ0) is 18.6. The van der Waals surface area contributed by atoms with Crippen molar-refractivity contribution in [2.75, 3.05) is 18.5 Å². The van der Waals surface area contributed by atoms with Crippen molar-refractivity contribution < 1.29 is 23.5 Å². The molecule has 134 valence electrons. The van der Waals surface area contributed by atoms with Crippen molar-refractivity contribution in [1.29, 1.82) is 0 Å². The fraction of sp³-hybridized carbons (Fsp3) is 0.214. The van der Waals surface area contributed by atoms with Gasteiger partial charge in [0.2, 0.25) is 5.82 Å². The van der Waals surface area contributed by atoms with Gasteiger partial charge in [-0.25, -0.2) is 14.6 Å². The number of hydrogen-bond donors (Lipinski definition) is 3. The number of carbonyl (C=O) groups excluding carboxylic acids is 1. The standard InChI is InChI=1S/C14H13F2IN4O4/c1-21-14(24)10(16)11(12(19-21)13(23)20-25-5-4-22)18-9-3-2-7(17)6-8(9)15/h2-3,6,18,22H,4-5H2,1H3,(H,20,23). The van der Waals surface area contributed by atoms with Crippen molar-refractivity contribution in [3.63, 3.8) is 0 Å². The number of aliphatic hydroxyl groups excluding tert-OH is 1. The van der Waals surface area contributed by atoms with Crippen molar-refractivity contribution in [2.45, 2.75) is 0 Å². The number of nitrogens with one attached hydrogen (secondary N) is 2. The van der Waals surface area contributed by atoms with E-state index < -0.39 is 34.5 Å².